The van der Waals surface area contributed by atoms with Crippen molar-refractivity contribution >= 4 is 81.2 Å². The van der Waals surface area contributed by atoms with E-state index < -0.39 is 9.84 Å². The smallest absolute Gasteiger partial charge is 0.224 e. The first-order valence-electron chi connectivity index (χ1n) is 39.1. The summed E-state index contributed by atoms with van der Waals surface area (Å²) in [6, 6.07) is 10.5. The van der Waals surface area contributed by atoms with Crippen molar-refractivity contribution in [2.75, 3.05) is 175 Å². The molecule has 0 saturated heterocycles. The van der Waals surface area contributed by atoms with Crippen LogP contribution in [0.5, 0.6) is 0 Å². The molecule has 26 nitrogen and oxygen atoms in total. The van der Waals surface area contributed by atoms with Crippen LogP contribution in [0.15, 0.2) is 30.3 Å². The molecule has 10 amide bonds. The largest absolute Gasteiger partial charge is 0.385 e. The molecule has 1 aromatic rings. The number of carbonyl (C=O) groups is 10. The second kappa shape index (κ2) is 141. The summed E-state index contributed by atoms with van der Waals surface area (Å²) in [7, 11) is 20.5. The van der Waals surface area contributed by atoms with Crippen LogP contribution in [0.3, 0.4) is 0 Å². The van der Waals surface area contributed by atoms with Crippen LogP contribution in [-0.4, -0.2) is 262 Å². The number of ether oxygens (including phenoxy) is 2. The first-order chi connectivity index (χ1) is 50.8. The molecule has 1 aliphatic rings. The Morgan fingerprint density at radius 1 is 0.541 bits per heavy atom. The van der Waals surface area contributed by atoms with Gasteiger partial charge in [-0.1, -0.05) is 167 Å². The van der Waals surface area contributed by atoms with Crippen molar-refractivity contribution in [1.82, 2.24) is 62.1 Å². The quantitative estimate of drug-likeness (QED) is 0.0562. The molecule has 0 radical (unpaired) electrons. The lowest BCUT2D eigenvalue weighted by Crippen LogP contribution is -2.26. The van der Waals surface area contributed by atoms with Crippen LogP contribution in [0.4, 0.5) is 0 Å². The van der Waals surface area contributed by atoms with E-state index in [2.05, 4.69) is 152 Å². The lowest BCUT2D eigenvalue weighted by Gasteiger charge is -2.11. The maximum atomic E-state index is 10.8. The summed E-state index contributed by atoms with van der Waals surface area (Å²) in [6.45, 7) is 59.5. The van der Waals surface area contributed by atoms with E-state index in [-0.39, 0.29) is 64.8 Å². The van der Waals surface area contributed by atoms with Crippen molar-refractivity contribution in [3.05, 3.63) is 35.9 Å². The van der Waals surface area contributed by atoms with E-state index in [1.807, 2.05) is 129 Å². The zero-order valence-corrected chi connectivity index (χ0v) is 80.4. The molecule has 0 spiro atoms. The van der Waals surface area contributed by atoms with Gasteiger partial charge in [0.15, 0.2) is 0 Å². The summed E-state index contributed by atoms with van der Waals surface area (Å²) in [5.41, 5.74) is 1.41. The van der Waals surface area contributed by atoms with Gasteiger partial charge in [0.2, 0.25) is 59.6 Å². The lowest BCUT2D eigenvalue weighted by molar-refractivity contribution is -0.132. The highest BCUT2D eigenvalue weighted by molar-refractivity contribution is 7.98. The molecule has 1 fully saturated rings. The number of thioether (sulfide) groups is 1. The van der Waals surface area contributed by atoms with Crippen LogP contribution in [0.25, 0.3) is 0 Å². The molecule has 1 aliphatic carbocycles. The number of hydrogen-bond donors (Lipinski definition) is 8. The summed E-state index contributed by atoms with van der Waals surface area (Å²) >= 11 is 1.86. The Balaban J connectivity index is -0.0000000503. The van der Waals surface area contributed by atoms with Crippen LogP contribution in [0.1, 0.15) is 250 Å². The highest BCUT2D eigenvalue weighted by atomic mass is 32.2. The fraction of sp³-hybridized carbons (Fsp3) is 0.802. The van der Waals surface area contributed by atoms with Crippen molar-refractivity contribution in [1.29, 1.82) is 0 Å². The number of sulfone groups is 1. The molecular formula is C81H184N12O14S2. The first kappa shape index (κ1) is 148. The van der Waals surface area contributed by atoms with Gasteiger partial charge in [-0.3, -0.25) is 47.9 Å². The zero-order chi connectivity index (χ0) is 90.6. The summed E-state index contributed by atoms with van der Waals surface area (Å²) in [5, 5.41) is 20.7. The molecule has 0 aliphatic heterocycles. The SMILES string of the molecule is CC.CC(=O)N(C)C.CC(C)C(=O)N(C)C.CCC.CCC(=O)N(C)C.CCC(=O)NC.CCCC.CCN(C)C.CCNC.CCNC(=O)CC.CCNC(=O)CC.CCNC(C)=O.CCNC=O.CCOC.CCOCC.CCS(C)(=O)=O.CCSC.CCc1ccccc1.CNC(=O)C1CC1.CNC(C)=O. The van der Waals surface area contributed by atoms with Crippen LogP contribution in [0, 0.1) is 11.8 Å². The molecule has 2 rings (SSSR count). The normalized spacial score (nSPS) is 8.88. The Morgan fingerprint density at radius 3 is 0.917 bits per heavy atom. The van der Waals surface area contributed by atoms with Crippen LogP contribution >= 0.6 is 11.8 Å². The molecular weight excluding hydrogens is 1430 g/mol. The average molecular weight is 1610 g/mol. The van der Waals surface area contributed by atoms with Gasteiger partial charge in [0.05, 0.1) is 0 Å². The second-order valence-corrected chi connectivity index (χ2v) is 25.9. The zero-order valence-electron chi connectivity index (χ0n) is 78.8. The summed E-state index contributed by atoms with van der Waals surface area (Å²) in [4.78, 5) is 108. The van der Waals surface area contributed by atoms with Crippen LogP contribution in [-0.2, 0) is 73.7 Å². The van der Waals surface area contributed by atoms with Crippen molar-refractivity contribution in [3.63, 3.8) is 0 Å². The number of hydrogen-bond acceptors (Lipinski definition) is 17. The Labute approximate surface area is 679 Å². The second-order valence-electron chi connectivity index (χ2n) is 22.3. The topological polar surface area (TPSA) is 332 Å². The van der Waals surface area contributed by atoms with Crippen molar-refractivity contribution in [3.8, 4) is 0 Å². The maximum Gasteiger partial charge on any atom is 0.224 e. The molecule has 664 valence electrons. The lowest BCUT2D eigenvalue weighted by atomic mass is 10.2. The minimum Gasteiger partial charge on any atom is -0.385 e. The number of methoxy groups -OCH3 is 1. The summed E-state index contributed by atoms with van der Waals surface area (Å²) in [5.74, 6) is 3.03. The summed E-state index contributed by atoms with van der Waals surface area (Å²) < 4.78 is 29.4. The predicted molar refractivity (Wildman–Crippen MR) is 477 cm³/mol. The van der Waals surface area contributed by atoms with E-state index in [0.717, 1.165) is 78.4 Å². The number of carbonyl (C=O) groups excluding carboxylic acids is 10. The van der Waals surface area contributed by atoms with Gasteiger partial charge in [-0.25, -0.2) is 8.42 Å². The number of unbranched alkanes of at least 4 members (excludes halogenated alkanes) is 1. The van der Waals surface area contributed by atoms with Gasteiger partial charge in [0, 0.05) is 187 Å². The van der Waals surface area contributed by atoms with E-state index in [0.29, 0.717) is 38.0 Å². The monoisotopic (exact) mass is 1610 g/mol. The average Bonchev–Trinajstić information content (AvgIpc) is 1.77. The number of amides is 10. The third kappa shape index (κ3) is 257. The number of nitrogens with one attached hydrogen (secondary N) is 8. The number of rotatable bonds is 20. The minimum atomic E-state index is -2.66. The van der Waals surface area contributed by atoms with Crippen molar-refractivity contribution in [2.45, 2.75) is 251 Å². The molecule has 0 bridgehead atoms. The molecule has 1 aromatic carbocycles. The highest BCUT2D eigenvalue weighted by Crippen LogP contribution is 2.28. The molecule has 28 heteroatoms. The number of aryl methyl sites for hydroxylation is 1. The predicted octanol–water partition coefficient (Wildman–Crippen LogP) is 12.7. The van der Waals surface area contributed by atoms with Gasteiger partial charge in [-0.05, 0) is 120 Å². The fourth-order valence-corrected chi connectivity index (χ4v) is 3.45. The van der Waals surface area contributed by atoms with Gasteiger partial charge in [0.25, 0.3) is 0 Å². The number of nitrogens with zero attached hydrogens (tertiary/aromatic N) is 4. The molecule has 1 saturated carbocycles. The van der Waals surface area contributed by atoms with Crippen LogP contribution < -0.4 is 42.5 Å². The molecule has 0 atom stereocenters. The van der Waals surface area contributed by atoms with Gasteiger partial charge in [-0.2, -0.15) is 11.8 Å². The van der Waals surface area contributed by atoms with E-state index in [1.54, 1.807) is 87.3 Å². The molecule has 8 N–H and O–H groups in total. The molecule has 0 unspecified atom stereocenters. The van der Waals surface area contributed by atoms with E-state index >= 15 is 0 Å². The molecule has 0 heterocycles. The Hall–Kier alpha value is -5.94. The van der Waals surface area contributed by atoms with Crippen molar-refractivity contribution in [2.24, 2.45) is 11.8 Å². The standard InChI is InChI=1S/C8H10.C6H13NO.C5H9NO.3C5H11NO.3C4H9NO.C4H11N.C4H10O.C4H10.2C3H7NO.C3H9N.C3H8O2S.C3H8O.C3H8S.C3H8.C2H6/c1-2-8-6-4-3-5-7-8;1-5(2)6(8)7(3)4;1-6-5(7)4-2-3-4;1-4-5(7)6(2)3;2*1-3-5(7)6-4-2;1-4(6)5(2)3;1-3-4(6)5-2;1-3-5-4(2)6;1-4-5(2)3;1-3-5-4-2;1-3-4-2;1-3(5)4-2;1-2-4-3-5;1-3-4-2;1-3-6(2,4)5;2*1-3-4-2;1-3-2;1-2/h3-7H,2H2,1H3;5H,1-4H3;4H,2-3H2,1H3,(H,6,7);4H2,1-3H3;2*3-4H2,1-2H3,(H,6,7);1-3H3;2*3H2,1-2H3,(H,5,6);4H2,1-3H3;3-4H2,1-2H3;3-4H2,1-2H3;1-2H3,(H,4,5);3H,2H2,1H3,(H,4,5);4H,3H2,1-2H3;3H2,1-2H3;2*3H2,1-2H3;3H2,1-2H3;1-2H3. The maximum absolute atomic E-state index is 10.8. The Kier molecular flexibility index (Phi) is 192. The van der Waals surface area contributed by atoms with E-state index in [1.165, 1.54) is 62.5 Å². The van der Waals surface area contributed by atoms with E-state index in [4.69, 9.17) is 4.74 Å². The summed E-state index contributed by atoms with van der Waals surface area (Å²) in [6.07, 6.45) is 13.6. The van der Waals surface area contributed by atoms with Gasteiger partial charge in [0.1, 0.15) is 9.84 Å². The van der Waals surface area contributed by atoms with Crippen molar-refractivity contribution < 1.29 is 65.8 Å². The molecule has 109 heavy (non-hydrogen) atoms. The van der Waals surface area contributed by atoms with Crippen LogP contribution in [0.2, 0.25) is 0 Å². The van der Waals surface area contributed by atoms with Gasteiger partial charge >= 0.3 is 0 Å². The fourth-order valence-electron chi connectivity index (χ4n) is 3.45. The third-order valence-electron chi connectivity index (χ3n) is 10.9. The number of benzene rings is 1. The minimum absolute atomic E-state index is 0.00463. The van der Waals surface area contributed by atoms with Gasteiger partial charge in [-0.15, -0.1) is 0 Å². The highest BCUT2D eigenvalue weighted by Gasteiger charge is 2.28. The van der Waals surface area contributed by atoms with Gasteiger partial charge < -0.3 is 71.6 Å². The Bertz CT molecular complexity index is 1950. The Morgan fingerprint density at radius 2 is 0.872 bits per heavy atom. The third-order valence-corrected chi connectivity index (χ3v) is 12.5. The van der Waals surface area contributed by atoms with E-state index in [9.17, 15) is 56.4 Å². The first-order valence-corrected chi connectivity index (χ1v) is 42.5. The molecule has 0 aromatic heterocycles.